The molecule has 0 spiro atoms. The lowest BCUT2D eigenvalue weighted by atomic mass is 10.00. The molecule has 0 aliphatic carbocycles. The number of aromatic carboxylic acids is 1. The van der Waals surface area contributed by atoms with Gasteiger partial charge in [-0.15, -0.1) is 0 Å². The fourth-order valence-corrected chi connectivity index (χ4v) is 1.70. The molecule has 0 saturated heterocycles. The predicted molar refractivity (Wildman–Crippen MR) is 67.7 cm³/mol. The second-order valence-corrected chi connectivity index (χ2v) is 3.62. The Kier molecular flexibility index (Phi) is 4.43. The molecule has 88 valence electrons. The van der Waals surface area contributed by atoms with Crippen molar-refractivity contribution in [3.8, 4) is 0 Å². The third kappa shape index (κ3) is 3.16. The average molecular weight is 229 g/mol. The van der Waals surface area contributed by atoms with Crippen molar-refractivity contribution in [3.05, 3.63) is 71.3 Å². The monoisotopic (exact) mass is 229 g/mol. The predicted octanol–water partition coefficient (Wildman–Crippen LogP) is 3.14. The van der Waals surface area contributed by atoms with Crippen LogP contribution in [0.4, 0.5) is 0 Å². The van der Waals surface area contributed by atoms with Gasteiger partial charge in [-0.3, -0.25) is 0 Å². The van der Waals surface area contributed by atoms with E-state index in [9.17, 15) is 4.79 Å². The normalized spacial score (nSPS) is 9.41. The van der Waals surface area contributed by atoms with Gasteiger partial charge in [-0.2, -0.15) is 0 Å². The maximum absolute atomic E-state index is 11.0. The van der Waals surface area contributed by atoms with Crippen molar-refractivity contribution >= 4 is 5.97 Å². The fraction of sp³-hybridized carbons (Fsp3) is 0.0714. The molecule has 2 aromatic carbocycles. The van der Waals surface area contributed by atoms with E-state index >= 15 is 0 Å². The summed E-state index contributed by atoms with van der Waals surface area (Å²) < 4.78 is 0. The summed E-state index contributed by atoms with van der Waals surface area (Å²) in [5.41, 5.74) is 2.35. The maximum Gasteiger partial charge on any atom is 0.335 e. The topological polar surface area (TPSA) is 72.3 Å². The van der Waals surface area contributed by atoms with Gasteiger partial charge in [0.15, 0.2) is 0 Å². The molecule has 3 heteroatoms. The highest BCUT2D eigenvalue weighted by Gasteiger charge is 2.08. The van der Waals surface area contributed by atoms with Crippen molar-refractivity contribution in [1.82, 2.24) is 6.15 Å². The third-order valence-electron chi connectivity index (χ3n) is 2.49. The summed E-state index contributed by atoms with van der Waals surface area (Å²) in [4.78, 5) is 11.0. The van der Waals surface area contributed by atoms with Gasteiger partial charge in [0.2, 0.25) is 0 Å². The highest BCUT2D eigenvalue weighted by atomic mass is 16.4. The summed E-state index contributed by atoms with van der Waals surface area (Å²) in [5, 5.41) is 9.04. The van der Waals surface area contributed by atoms with Gasteiger partial charge < -0.3 is 11.3 Å². The SMILES string of the molecule is N.O=C(O)c1ccccc1Cc1ccccc1. The van der Waals surface area contributed by atoms with Crippen LogP contribution in [0.1, 0.15) is 21.5 Å². The second-order valence-electron chi connectivity index (χ2n) is 3.62. The van der Waals surface area contributed by atoms with E-state index < -0.39 is 5.97 Å². The van der Waals surface area contributed by atoms with Gasteiger partial charge in [0, 0.05) is 0 Å². The highest BCUT2D eigenvalue weighted by Crippen LogP contribution is 2.14. The first-order chi connectivity index (χ1) is 7.77. The number of rotatable bonds is 3. The first-order valence-electron chi connectivity index (χ1n) is 5.12. The van der Waals surface area contributed by atoms with E-state index in [-0.39, 0.29) is 6.15 Å². The van der Waals surface area contributed by atoms with Crippen LogP contribution in [0.5, 0.6) is 0 Å². The Bertz CT molecular complexity index is 495. The Hall–Kier alpha value is -2.13. The van der Waals surface area contributed by atoms with Crippen molar-refractivity contribution in [2.75, 3.05) is 0 Å². The zero-order valence-corrected chi connectivity index (χ0v) is 9.47. The smallest absolute Gasteiger partial charge is 0.335 e. The lowest BCUT2D eigenvalue weighted by Crippen LogP contribution is -2.02. The van der Waals surface area contributed by atoms with Crippen LogP contribution in [0.15, 0.2) is 54.6 Å². The molecule has 2 aromatic rings. The molecular formula is C14H15NO2. The molecule has 17 heavy (non-hydrogen) atoms. The van der Waals surface area contributed by atoms with Gasteiger partial charge in [0.1, 0.15) is 0 Å². The summed E-state index contributed by atoms with van der Waals surface area (Å²) in [6.07, 6.45) is 0.656. The Labute approximate surface area is 100 Å². The Balaban J connectivity index is 0.00000144. The summed E-state index contributed by atoms with van der Waals surface area (Å²) >= 11 is 0. The van der Waals surface area contributed by atoms with E-state index in [0.29, 0.717) is 12.0 Å². The van der Waals surface area contributed by atoms with Gasteiger partial charge in [0.05, 0.1) is 5.56 Å². The van der Waals surface area contributed by atoms with Crippen LogP contribution in [-0.2, 0) is 6.42 Å². The molecule has 0 bridgehead atoms. The maximum atomic E-state index is 11.0. The van der Waals surface area contributed by atoms with Gasteiger partial charge in [-0.05, 0) is 23.6 Å². The van der Waals surface area contributed by atoms with E-state index in [0.717, 1.165) is 11.1 Å². The van der Waals surface area contributed by atoms with Crippen LogP contribution in [0.2, 0.25) is 0 Å². The van der Waals surface area contributed by atoms with Crippen molar-refractivity contribution in [1.29, 1.82) is 0 Å². The third-order valence-corrected chi connectivity index (χ3v) is 2.49. The van der Waals surface area contributed by atoms with Crippen molar-refractivity contribution in [2.24, 2.45) is 0 Å². The molecule has 0 atom stereocenters. The van der Waals surface area contributed by atoms with Crippen LogP contribution in [-0.4, -0.2) is 11.1 Å². The molecule has 0 radical (unpaired) electrons. The van der Waals surface area contributed by atoms with Crippen molar-refractivity contribution < 1.29 is 9.90 Å². The molecule has 0 saturated carbocycles. The molecule has 4 N–H and O–H groups in total. The molecule has 0 unspecified atom stereocenters. The molecule has 3 nitrogen and oxygen atoms in total. The number of carboxylic acids is 1. The summed E-state index contributed by atoms with van der Waals surface area (Å²) in [5.74, 6) is -0.869. The van der Waals surface area contributed by atoms with Gasteiger partial charge in [-0.1, -0.05) is 48.5 Å². The summed E-state index contributed by atoms with van der Waals surface area (Å²) in [6, 6.07) is 17.0. The van der Waals surface area contributed by atoms with E-state index in [1.54, 1.807) is 12.1 Å². The summed E-state index contributed by atoms with van der Waals surface area (Å²) in [6.45, 7) is 0. The zero-order chi connectivity index (χ0) is 11.4. The minimum absolute atomic E-state index is 0. The molecule has 0 fully saturated rings. The van der Waals surface area contributed by atoms with Crippen molar-refractivity contribution in [3.63, 3.8) is 0 Å². The molecule has 2 rings (SSSR count). The fourth-order valence-electron chi connectivity index (χ4n) is 1.70. The Morgan fingerprint density at radius 3 is 2.18 bits per heavy atom. The number of hydrogen-bond donors (Lipinski definition) is 2. The molecule has 0 aromatic heterocycles. The average Bonchev–Trinajstić information content (AvgIpc) is 2.31. The standard InChI is InChI=1S/C14H12O2.H3N/c15-14(16)13-9-5-4-8-12(13)10-11-6-2-1-3-7-11;/h1-9H,10H2,(H,15,16);1H3. The number of hydrogen-bond acceptors (Lipinski definition) is 2. The quantitative estimate of drug-likeness (QED) is 0.849. The number of benzene rings is 2. The van der Waals surface area contributed by atoms with E-state index in [2.05, 4.69) is 0 Å². The first kappa shape index (κ1) is 12.9. The molecule has 0 aliphatic heterocycles. The number of carboxylic acid groups (broad SMARTS) is 1. The van der Waals surface area contributed by atoms with Gasteiger partial charge in [-0.25, -0.2) is 4.79 Å². The van der Waals surface area contributed by atoms with Crippen LogP contribution < -0.4 is 6.15 Å². The molecule has 0 heterocycles. The lowest BCUT2D eigenvalue weighted by molar-refractivity contribution is 0.0696. The molecule has 0 amide bonds. The Morgan fingerprint density at radius 2 is 1.53 bits per heavy atom. The van der Waals surface area contributed by atoms with E-state index in [1.807, 2.05) is 42.5 Å². The highest BCUT2D eigenvalue weighted by molar-refractivity contribution is 5.89. The molecular weight excluding hydrogens is 214 g/mol. The van der Waals surface area contributed by atoms with Crippen LogP contribution in [0.3, 0.4) is 0 Å². The van der Waals surface area contributed by atoms with Crippen molar-refractivity contribution in [2.45, 2.75) is 6.42 Å². The minimum atomic E-state index is -0.869. The van der Waals surface area contributed by atoms with E-state index in [4.69, 9.17) is 5.11 Å². The van der Waals surface area contributed by atoms with Gasteiger partial charge in [0.25, 0.3) is 0 Å². The zero-order valence-electron chi connectivity index (χ0n) is 9.47. The van der Waals surface area contributed by atoms with Crippen LogP contribution >= 0.6 is 0 Å². The molecule has 0 aliphatic rings. The van der Waals surface area contributed by atoms with Gasteiger partial charge >= 0.3 is 5.97 Å². The minimum Gasteiger partial charge on any atom is -0.478 e. The lowest BCUT2D eigenvalue weighted by Gasteiger charge is -2.05. The number of carbonyl (C=O) groups is 1. The van der Waals surface area contributed by atoms with E-state index in [1.165, 1.54) is 0 Å². The Morgan fingerprint density at radius 1 is 0.941 bits per heavy atom. The second kappa shape index (κ2) is 5.82. The van der Waals surface area contributed by atoms with Crippen LogP contribution in [0.25, 0.3) is 0 Å². The largest absolute Gasteiger partial charge is 0.478 e. The van der Waals surface area contributed by atoms with Crippen LogP contribution in [0, 0.1) is 0 Å². The first-order valence-corrected chi connectivity index (χ1v) is 5.12. The summed E-state index contributed by atoms with van der Waals surface area (Å²) in [7, 11) is 0.